The Labute approximate surface area is 123 Å². The molecule has 1 unspecified atom stereocenters. The number of nitro benzene ring substituents is 2. The summed E-state index contributed by atoms with van der Waals surface area (Å²) in [5, 5.41) is 33.4. The first-order valence-corrected chi connectivity index (χ1v) is 7.18. The van der Waals surface area contributed by atoms with E-state index in [0.717, 1.165) is 6.07 Å². The molecule has 0 spiro atoms. The Morgan fingerprint density at radius 2 is 2.05 bits per heavy atom. The van der Waals surface area contributed by atoms with Crippen LogP contribution in [0.25, 0.3) is 0 Å². The van der Waals surface area contributed by atoms with Crippen LogP contribution in [0.15, 0.2) is 18.2 Å². The first-order valence-electron chi connectivity index (χ1n) is 5.78. The van der Waals surface area contributed by atoms with E-state index in [1.807, 2.05) is 0 Å². The van der Waals surface area contributed by atoms with Crippen molar-refractivity contribution in [3.63, 3.8) is 0 Å². The van der Waals surface area contributed by atoms with Gasteiger partial charge in [-0.3, -0.25) is 20.2 Å². The number of carboxylic acids is 1. The lowest BCUT2D eigenvalue weighted by atomic mass is 10.1. The van der Waals surface area contributed by atoms with Gasteiger partial charge in [0.05, 0.1) is 9.85 Å². The molecule has 0 saturated carbocycles. The molecule has 0 saturated heterocycles. The van der Waals surface area contributed by atoms with Gasteiger partial charge in [-0.15, -0.1) is 0 Å². The Morgan fingerprint density at radius 3 is 2.52 bits per heavy atom. The quantitative estimate of drug-likeness (QED) is 0.550. The van der Waals surface area contributed by atoms with Crippen LogP contribution in [0.2, 0.25) is 0 Å². The number of hydrogen-bond acceptors (Lipinski definition) is 7. The molecule has 1 aromatic rings. The predicted molar refractivity (Wildman–Crippen MR) is 77.8 cm³/mol. The average Bonchev–Trinajstić information content (AvgIpc) is 2.42. The zero-order valence-corrected chi connectivity index (χ0v) is 11.8. The highest BCUT2D eigenvalue weighted by Crippen LogP contribution is 2.34. The Kier molecular flexibility index (Phi) is 5.91. The van der Waals surface area contributed by atoms with Crippen LogP contribution in [0.4, 0.5) is 17.1 Å². The first kappa shape index (κ1) is 16.7. The van der Waals surface area contributed by atoms with Gasteiger partial charge >= 0.3 is 17.3 Å². The van der Waals surface area contributed by atoms with Crippen molar-refractivity contribution in [2.45, 2.75) is 12.5 Å². The van der Waals surface area contributed by atoms with Gasteiger partial charge in [0.2, 0.25) is 0 Å². The van der Waals surface area contributed by atoms with Crippen LogP contribution >= 0.6 is 11.8 Å². The molecule has 0 heterocycles. The van der Waals surface area contributed by atoms with Gasteiger partial charge in [-0.25, -0.2) is 4.79 Å². The number of nitrogens with zero attached hydrogens (tertiary/aromatic N) is 2. The Bertz CT molecular complexity index is 565. The van der Waals surface area contributed by atoms with Crippen LogP contribution in [0.3, 0.4) is 0 Å². The molecule has 2 N–H and O–H groups in total. The largest absolute Gasteiger partial charge is 0.480 e. The second-order valence-corrected chi connectivity index (χ2v) is 4.99. The summed E-state index contributed by atoms with van der Waals surface area (Å²) >= 11 is 1.43. The van der Waals surface area contributed by atoms with Crippen LogP contribution in [-0.2, 0) is 4.79 Å². The number of thioether (sulfide) groups is 1. The number of nitro groups is 2. The molecule has 0 aromatic heterocycles. The van der Waals surface area contributed by atoms with Gasteiger partial charge in [0.1, 0.15) is 11.7 Å². The van der Waals surface area contributed by atoms with Gasteiger partial charge in [0.25, 0.3) is 0 Å². The molecule has 1 atom stereocenters. The highest BCUT2D eigenvalue weighted by atomic mass is 32.2. The van der Waals surface area contributed by atoms with Crippen LogP contribution < -0.4 is 5.32 Å². The summed E-state index contributed by atoms with van der Waals surface area (Å²) < 4.78 is 0. The second kappa shape index (κ2) is 7.43. The summed E-state index contributed by atoms with van der Waals surface area (Å²) in [4.78, 5) is 31.2. The third kappa shape index (κ3) is 4.31. The Balaban J connectivity index is 3.17. The molecule has 114 valence electrons. The van der Waals surface area contributed by atoms with Gasteiger partial charge in [-0.05, 0) is 24.5 Å². The van der Waals surface area contributed by atoms with Crippen LogP contribution in [0.1, 0.15) is 6.42 Å². The van der Waals surface area contributed by atoms with E-state index in [1.165, 1.54) is 23.9 Å². The zero-order chi connectivity index (χ0) is 16.0. The number of nitrogens with one attached hydrogen (secondary N) is 1. The van der Waals surface area contributed by atoms with Gasteiger partial charge in [0.15, 0.2) is 0 Å². The maximum absolute atomic E-state index is 11.1. The van der Waals surface area contributed by atoms with Crippen molar-refractivity contribution in [2.24, 2.45) is 0 Å². The predicted octanol–water partition coefficient (Wildman–Crippen LogP) is 2.12. The van der Waals surface area contributed by atoms with E-state index in [0.29, 0.717) is 5.75 Å². The smallest absolute Gasteiger partial charge is 0.368 e. The van der Waals surface area contributed by atoms with Crippen molar-refractivity contribution in [1.29, 1.82) is 0 Å². The molecule has 0 aliphatic heterocycles. The minimum atomic E-state index is -1.18. The van der Waals surface area contributed by atoms with Crippen molar-refractivity contribution in [2.75, 3.05) is 17.3 Å². The lowest BCUT2D eigenvalue weighted by Gasteiger charge is -2.15. The lowest BCUT2D eigenvalue weighted by molar-refractivity contribution is -0.421. The number of hydrogen-bond donors (Lipinski definition) is 2. The van der Waals surface area contributed by atoms with E-state index in [9.17, 15) is 25.0 Å². The molecule has 1 aromatic carbocycles. The topological polar surface area (TPSA) is 136 Å². The van der Waals surface area contributed by atoms with E-state index in [4.69, 9.17) is 5.11 Å². The van der Waals surface area contributed by atoms with Crippen molar-refractivity contribution >= 4 is 34.8 Å². The van der Waals surface area contributed by atoms with E-state index >= 15 is 0 Å². The number of carboxylic acid groups (broad SMARTS) is 1. The third-order valence-electron chi connectivity index (χ3n) is 2.63. The molecule has 21 heavy (non-hydrogen) atoms. The summed E-state index contributed by atoms with van der Waals surface area (Å²) in [6.45, 7) is 0. The standard InChI is InChI=1S/C11H13N3O6S/c1-21-6-5-8(11(15)16)12-7-3-2-4-9(13(17)18)10(7)14(19)20/h2-4,8,12H,5-6H2,1H3,(H,15,16). The minimum absolute atomic E-state index is 0.178. The molecule has 0 bridgehead atoms. The number of benzene rings is 1. The number of para-hydroxylation sites is 1. The normalized spacial score (nSPS) is 11.7. The number of anilines is 1. The minimum Gasteiger partial charge on any atom is -0.480 e. The zero-order valence-electron chi connectivity index (χ0n) is 11.0. The maximum Gasteiger partial charge on any atom is 0.368 e. The summed E-state index contributed by atoms with van der Waals surface area (Å²) in [6.07, 6.45) is 2.03. The number of rotatable bonds is 8. The molecule has 1 rings (SSSR count). The van der Waals surface area contributed by atoms with E-state index in [2.05, 4.69) is 5.32 Å². The van der Waals surface area contributed by atoms with Crippen molar-refractivity contribution in [1.82, 2.24) is 0 Å². The van der Waals surface area contributed by atoms with Gasteiger partial charge in [0, 0.05) is 6.07 Å². The molecular weight excluding hydrogens is 302 g/mol. The van der Waals surface area contributed by atoms with E-state index in [1.54, 1.807) is 6.26 Å². The van der Waals surface area contributed by atoms with Gasteiger partial charge in [-0.1, -0.05) is 6.07 Å². The SMILES string of the molecule is CSCCC(Nc1cccc([N+](=O)[O-])c1[N+](=O)[O-])C(=O)O. The Hall–Kier alpha value is -2.36. The molecule has 10 heteroatoms. The highest BCUT2D eigenvalue weighted by Gasteiger charge is 2.30. The van der Waals surface area contributed by atoms with Crippen LogP contribution in [0, 0.1) is 20.2 Å². The van der Waals surface area contributed by atoms with Crippen molar-refractivity contribution in [3.8, 4) is 0 Å². The fourth-order valence-corrected chi connectivity index (χ4v) is 2.14. The molecule has 0 aliphatic carbocycles. The van der Waals surface area contributed by atoms with Gasteiger partial charge < -0.3 is 10.4 Å². The first-order chi connectivity index (χ1) is 9.88. The van der Waals surface area contributed by atoms with Gasteiger partial charge in [-0.2, -0.15) is 11.8 Å². The third-order valence-corrected chi connectivity index (χ3v) is 3.28. The van der Waals surface area contributed by atoms with E-state index in [-0.39, 0.29) is 12.1 Å². The van der Waals surface area contributed by atoms with E-state index < -0.39 is 33.2 Å². The fraction of sp³-hybridized carbons (Fsp3) is 0.364. The van der Waals surface area contributed by atoms with Crippen molar-refractivity contribution in [3.05, 3.63) is 38.4 Å². The maximum atomic E-state index is 11.1. The molecular formula is C11H13N3O6S. The fourth-order valence-electron chi connectivity index (χ4n) is 1.67. The lowest BCUT2D eigenvalue weighted by Crippen LogP contribution is -2.30. The monoisotopic (exact) mass is 315 g/mol. The summed E-state index contributed by atoms with van der Waals surface area (Å²) in [5.41, 5.74) is -1.60. The second-order valence-electron chi connectivity index (χ2n) is 4.00. The molecule has 9 nitrogen and oxygen atoms in total. The molecule has 0 aliphatic rings. The molecule has 0 fully saturated rings. The van der Waals surface area contributed by atoms with Crippen molar-refractivity contribution < 1.29 is 19.7 Å². The highest BCUT2D eigenvalue weighted by molar-refractivity contribution is 7.98. The van der Waals surface area contributed by atoms with Crippen LogP contribution in [-0.4, -0.2) is 39.0 Å². The average molecular weight is 315 g/mol. The molecule has 0 amide bonds. The summed E-state index contributed by atoms with van der Waals surface area (Å²) in [5.74, 6) is -0.642. The number of carbonyl (C=O) groups is 1. The van der Waals surface area contributed by atoms with Crippen LogP contribution in [0.5, 0.6) is 0 Å². The summed E-state index contributed by atoms with van der Waals surface area (Å²) in [6, 6.07) is 2.46. The number of aliphatic carboxylic acids is 1. The molecule has 0 radical (unpaired) electrons. The summed E-state index contributed by atoms with van der Waals surface area (Å²) in [7, 11) is 0. The Morgan fingerprint density at radius 1 is 1.38 bits per heavy atom.